The molecule has 9 rings (SSSR count). The maximum Gasteiger partial charge on any atom is 0.132 e. The van der Waals surface area contributed by atoms with Crippen LogP contribution in [0.25, 0.3) is 53.3 Å². The number of nitrogens with one attached hydrogen (secondary N) is 1. The highest BCUT2D eigenvalue weighted by Crippen LogP contribution is 2.56. The summed E-state index contributed by atoms with van der Waals surface area (Å²) in [6, 6.07) is 46.5. The molecule has 244 valence electrons. The Morgan fingerprint density at radius 2 is 1.38 bits per heavy atom. The third kappa shape index (κ3) is 4.95. The molecule has 0 bridgehead atoms. The van der Waals surface area contributed by atoms with Crippen LogP contribution in [-0.4, -0.2) is 4.98 Å². The van der Waals surface area contributed by atoms with Crippen molar-refractivity contribution < 1.29 is 4.39 Å². The van der Waals surface area contributed by atoms with E-state index in [0.717, 1.165) is 60.6 Å². The lowest BCUT2D eigenvalue weighted by Crippen LogP contribution is -2.25. The van der Waals surface area contributed by atoms with Crippen LogP contribution in [0.1, 0.15) is 43.8 Å². The highest BCUT2D eigenvalue weighted by atomic mass is 32.1. The zero-order valence-electron chi connectivity index (χ0n) is 28.5. The summed E-state index contributed by atoms with van der Waals surface area (Å²) in [5, 5.41) is 8.23. The lowest BCUT2D eigenvalue weighted by Gasteiger charge is -2.33. The van der Waals surface area contributed by atoms with E-state index in [9.17, 15) is 4.39 Å². The first kappa shape index (κ1) is 30.5. The number of hydrogen-bond donors (Lipinski definition) is 1. The quantitative estimate of drug-likeness (QED) is 0.202. The Morgan fingerprint density at radius 1 is 0.700 bits per heavy atom. The largest absolute Gasteiger partial charge is 0.359 e. The van der Waals surface area contributed by atoms with Gasteiger partial charge in [0.2, 0.25) is 0 Å². The Kier molecular flexibility index (Phi) is 7.04. The van der Waals surface area contributed by atoms with Crippen LogP contribution in [0.15, 0.2) is 133 Å². The molecule has 1 aliphatic rings. The van der Waals surface area contributed by atoms with Gasteiger partial charge in [0.05, 0.1) is 17.1 Å². The van der Waals surface area contributed by atoms with Crippen LogP contribution in [0, 0.1) is 12.7 Å². The van der Waals surface area contributed by atoms with Gasteiger partial charge in [-0.2, -0.15) is 0 Å². The summed E-state index contributed by atoms with van der Waals surface area (Å²) in [7, 11) is 0. The van der Waals surface area contributed by atoms with Crippen LogP contribution in [-0.2, 0) is 5.41 Å². The molecule has 0 spiro atoms. The molecule has 1 N–H and O–H groups in total. The number of aromatic nitrogens is 1. The van der Waals surface area contributed by atoms with Crippen LogP contribution in [0.4, 0.5) is 21.5 Å². The van der Waals surface area contributed by atoms with Gasteiger partial charge in [-0.3, -0.25) is 0 Å². The van der Waals surface area contributed by atoms with Crippen molar-refractivity contribution in [3.63, 3.8) is 0 Å². The number of rotatable bonds is 4. The third-order valence-electron chi connectivity index (χ3n) is 9.97. The first-order valence-electron chi connectivity index (χ1n) is 17.1. The number of fused-ring (bicyclic) bond motifs is 6. The van der Waals surface area contributed by atoms with Crippen molar-refractivity contribution in [2.45, 2.75) is 39.3 Å². The van der Waals surface area contributed by atoms with Crippen LogP contribution in [0.2, 0.25) is 0 Å². The van der Waals surface area contributed by atoms with E-state index >= 15 is 0 Å². The lowest BCUT2D eigenvalue weighted by atomic mass is 9.82. The summed E-state index contributed by atoms with van der Waals surface area (Å²) in [4.78, 5) is 8.47. The summed E-state index contributed by atoms with van der Waals surface area (Å²) in [6.07, 6.45) is -0.260. The molecule has 8 aromatic rings. The van der Waals surface area contributed by atoms with Crippen molar-refractivity contribution in [2.75, 3.05) is 10.2 Å². The molecule has 0 radical (unpaired) electrons. The van der Waals surface area contributed by atoms with Crippen LogP contribution in [0.5, 0.6) is 0 Å². The fraction of sp³-hybridized carbons (Fsp3) is 0.133. The average molecular weight is 670 g/mol. The summed E-state index contributed by atoms with van der Waals surface area (Å²) in [5.41, 5.74) is 11.2. The minimum Gasteiger partial charge on any atom is -0.359 e. The van der Waals surface area contributed by atoms with Crippen LogP contribution >= 0.6 is 11.3 Å². The van der Waals surface area contributed by atoms with Gasteiger partial charge in [-0.1, -0.05) is 106 Å². The molecule has 3 heterocycles. The second-order valence-corrected chi connectivity index (χ2v) is 15.3. The number of hydrogen-bond acceptors (Lipinski definition) is 4. The average Bonchev–Trinajstić information content (AvgIpc) is 3.69. The second-order valence-electron chi connectivity index (χ2n) is 14.3. The molecule has 5 heteroatoms. The number of pyridine rings is 1. The maximum absolute atomic E-state index is 14.6. The Bertz CT molecular complexity index is 2520. The molecule has 3 nitrogen and oxygen atoms in total. The van der Waals surface area contributed by atoms with E-state index in [2.05, 4.69) is 146 Å². The fourth-order valence-electron chi connectivity index (χ4n) is 7.46. The number of benzene rings is 6. The number of anilines is 3. The molecule has 0 saturated carbocycles. The van der Waals surface area contributed by atoms with Crippen LogP contribution in [0.3, 0.4) is 0 Å². The van der Waals surface area contributed by atoms with Crippen molar-refractivity contribution in [2.24, 2.45) is 0 Å². The molecule has 1 atom stereocenters. The van der Waals surface area contributed by atoms with Gasteiger partial charge >= 0.3 is 0 Å². The number of nitrogens with zero attached hydrogens (tertiary/aromatic N) is 2. The minimum absolute atomic E-state index is 0.0831. The topological polar surface area (TPSA) is 28.2 Å². The predicted molar refractivity (Wildman–Crippen MR) is 210 cm³/mol. The standard InChI is InChI=1S/C45H36FN3S/c1-27-18-21-35-34-16-11-17-36(42(34)50-44(35)47-27)43-48-40-33-22-20-32(46)24-30(33)19-23-39(40)49(43)41-37(28-12-7-5-8-13-28)25-31(45(2,3)4)26-38(41)29-14-9-6-10-15-29/h5-26,43,48H,1-4H3. The number of aryl methyl sites for hydroxylation is 1. The first-order chi connectivity index (χ1) is 24.2. The van der Waals surface area contributed by atoms with Gasteiger partial charge < -0.3 is 10.2 Å². The van der Waals surface area contributed by atoms with Crippen molar-refractivity contribution in [3.8, 4) is 22.3 Å². The molecule has 0 aliphatic carbocycles. The molecule has 1 unspecified atom stereocenters. The van der Waals surface area contributed by atoms with Gasteiger partial charge in [0.1, 0.15) is 16.8 Å². The molecule has 0 fully saturated rings. The molecule has 0 saturated heterocycles. The molecule has 2 aromatic heterocycles. The van der Waals surface area contributed by atoms with E-state index in [1.165, 1.54) is 26.6 Å². The van der Waals surface area contributed by atoms with Crippen molar-refractivity contribution >= 4 is 59.5 Å². The zero-order chi connectivity index (χ0) is 34.1. The third-order valence-corrected chi connectivity index (χ3v) is 11.1. The highest BCUT2D eigenvalue weighted by Gasteiger charge is 2.37. The van der Waals surface area contributed by atoms with E-state index in [4.69, 9.17) is 4.98 Å². The molecule has 1 aliphatic heterocycles. The van der Waals surface area contributed by atoms with E-state index in [0.29, 0.717) is 0 Å². The van der Waals surface area contributed by atoms with E-state index < -0.39 is 0 Å². The molecular formula is C45H36FN3S. The molecule has 0 amide bonds. The fourth-order valence-corrected chi connectivity index (χ4v) is 8.72. The zero-order valence-corrected chi connectivity index (χ0v) is 29.3. The second kappa shape index (κ2) is 11.5. The van der Waals surface area contributed by atoms with Crippen LogP contribution < -0.4 is 10.2 Å². The predicted octanol–water partition coefficient (Wildman–Crippen LogP) is 12.9. The first-order valence-corrected chi connectivity index (χ1v) is 17.9. The van der Waals surface area contributed by atoms with Gasteiger partial charge in [0.25, 0.3) is 0 Å². The summed E-state index contributed by atoms with van der Waals surface area (Å²) >= 11 is 1.75. The van der Waals surface area contributed by atoms with Gasteiger partial charge in [-0.15, -0.1) is 11.3 Å². The van der Waals surface area contributed by atoms with E-state index in [-0.39, 0.29) is 17.4 Å². The SMILES string of the molecule is Cc1ccc2c(n1)sc1c(C3Nc4c(ccc5cc(F)ccc45)N3c3c(-c4ccccc4)cc(C(C)(C)C)cc3-c3ccccc3)cccc12. The Hall–Kier alpha value is -5.52. The minimum atomic E-state index is -0.260. The van der Waals surface area contributed by atoms with Crippen molar-refractivity contribution in [1.29, 1.82) is 0 Å². The smallest absolute Gasteiger partial charge is 0.132 e. The van der Waals surface area contributed by atoms with Gasteiger partial charge in [-0.05, 0) is 82.9 Å². The normalized spacial score (nSPS) is 14.4. The van der Waals surface area contributed by atoms with Crippen molar-refractivity contribution in [1.82, 2.24) is 4.98 Å². The Labute approximate surface area is 295 Å². The molecule has 50 heavy (non-hydrogen) atoms. The summed E-state index contributed by atoms with van der Waals surface area (Å²) in [6.45, 7) is 8.89. The van der Waals surface area contributed by atoms with E-state index in [1.807, 2.05) is 13.0 Å². The van der Waals surface area contributed by atoms with Crippen molar-refractivity contribution in [3.05, 3.63) is 156 Å². The number of thiophene rings is 1. The summed E-state index contributed by atoms with van der Waals surface area (Å²) < 4.78 is 15.8. The Morgan fingerprint density at radius 3 is 2.06 bits per heavy atom. The maximum atomic E-state index is 14.6. The van der Waals surface area contributed by atoms with E-state index in [1.54, 1.807) is 23.5 Å². The summed E-state index contributed by atoms with van der Waals surface area (Å²) in [5.74, 6) is -0.239. The highest BCUT2D eigenvalue weighted by molar-refractivity contribution is 7.25. The van der Waals surface area contributed by atoms with Gasteiger partial charge in [-0.25, -0.2) is 9.37 Å². The van der Waals surface area contributed by atoms with Gasteiger partial charge in [0.15, 0.2) is 0 Å². The van der Waals surface area contributed by atoms with Gasteiger partial charge in [0, 0.05) is 43.2 Å². The molecule has 6 aromatic carbocycles. The molecular weight excluding hydrogens is 634 g/mol. The lowest BCUT2D eigenvalue weighted by molar-refractivity contribution is 0.590. The Balaban J connectivity index is 1.40. The monoisotopic (exact) mass is 669 g/mol. The number of halogens is 1.